The molecule has 0 bridgehead atoms. The maximum Gasteiger partial charge on any atom is 0.276 e. The third kappa shape index (κ3) is 3.08. The Kier molecular flexibility index (Phi) is 3.89. The Balaban J connectivity index is 1.62. The van der Waals surface area contributed by atoms with Gasteiger partial charge in [-0.05, 0) is 31.0 Å². The number of nitrogens with zero attached hydrogens (tertiary/aromatic N) is 4. The highest BCUT2D eigenvalue weighted by molar-refractivity contribution is 6.01. The molecule has 0 spiro atoms. The van der Waals surface area contributed by atoms with Crippen molar-refractivity contribution in [3.05, 3.63) is 66.0 Å². The van der Waals surface area contributed by atoms with Crippen molar-refractivity contribution in [1.29, 1.82) is 0 Å². The molecular formula is C18H18N6O. The summed E-state index contributed by atoms with van der Waals surface area (Å²) in [6, 6.07) is 15.7. The molecule has 7 nitrogen and oxygen atoms in total. The summed E-state index contributed by atoms with van der Waals surface area (Å²) in [7, 11) is 0. The fraction of sp³-hybridized carbons (Fsp3) is 0.222. The lowest BCUT2D eigenvalue weighted by molar-refractivity contribution is 0.102. The SMILES string of the molecule is CC1CC(c2ccccc2)n2nc(NC(=O)c3ccccn3)nc2N1. The summed E-state index contributed by atoms with van der Waals surface area (Å²) >= 11 is 0. The summed E-state index contributed by atoms with van der Waals surface area (Å²) in [4.78, 5) is 20.7. The van der Waals surface area contributed by atoms with Crippen LogP contribution in [-0.2, 0) is 0 Å². The molecule has 0 radical (unpaired) electrons. The fourth-order valence-electron chi connectivity index (χ4n) is 3.02. The van der Waals surface area contributed by atoms with E-state index in [1.807, 2.05) is 22.9 Å². The number of aromatic nitrogens is 4. The Hall–Kier alpha value is -3.22. The Bertz CT molecular complexity index is 877. The molecule has 0 fully saturated rings. The van der Waals surface area contributed by atoms with Crippen molar-refractivity contribution in [2.45, 2.75) is 25.4 Å². The first kappa shape index (κ1) is 15.3. The highest BCUT2D eigenvalue weighted by Crippen LogP contribution is 2.31. The van der Waals surface area contributed by atoms with E-state index in [0.717, 1.165) is 6.42 Å². The molecule has 0 saturated carbocycles. The highest BCUT2D eigenvalue weighted by Gasteiger charge is 2.28. The van der Waals surface area contributed by atoms with Crippen molar-refractivity contribution in [3.63, 3.8) is 0 Å². The summed E-state index contributed by atoms with van der Waals surface area (Å²) in [6.07, 6.45) is 2.48. The number of anilines is 2. The monoisotopic (exact) mass is 334 g/mol. The summed E-state index contributed by atoms with van der Waals surface area (Å²) < 4.78 is 1.84. The second kappa shape index (κ2) is 6.35. The van der Waals surface area contributed by atoms with E-state index < -0.39 is 0 Å². The van der Waals surface area contributed by atoms with Crippen LogP contribution in [0.4, 0.5) is 11.9 Å². The quantitative estimate of drug-likeness (QED) is 0.769. The molecule has 0 saturated heterocycles. The summed E-state index contributed by atoms with van der Waals surface area (Å²) in [5.41, 5.74) is 1.50. The predicted molar refractivity (Wildman–Crippen MR) is 94.5 cm³/mol. The minimum atomic E-state index is -0.326. The molecule has 25 heavy (non-hydrogen) atoms. The van der Waals surface area contributed by atoms with Crippen LogP contribution in [-0.4, -0.2) is 31.7 Å². The Morgan fingerprint density at radius 1 is 1.20 bits per heavy atom. The minimum Gasteiger partial charge on any atom is -0.352 e. The number of carbonyl (C=O) groups is 1. The van der Waals surface area contributed by atoms with Crippen molar-refractivity contribution in [2.24, 2.45) is 0 Å². The molecule has 0 aliphatic carbocycles. The van der Waals surface area contributed by atoms with Gasteiger partial charge in [-0.25, -0.2) is 4.68 Å². The molecule has 2 N–H and O–H groups in total. The van der Waals surface area contributed by atoms with E-state index in [0.29, 0.717) is 11.6 Å². The molecule has 1 aliphatic heterocycles. The van der Waals surface area contributed by atoms with Crippen molar-refractivity contribution in [2.75, 3.05) is 10.6 Å². The molecule has 3 aromatic rings. The smallest absolute Gasteiger partial charge is 0.276 e. The van der Waals surface area contributed by atoms with Crippen LogP contribution in [0.5, 0.6) is 0 Å². The molecular weight excluding hydrogens is 316 g/mol. The van der Waals surface area contributed by atoms with Crippen LogP contribution in [0.2, 0.25) is 0 Å². The zero-order valence-electron chi connectivity index (χ0n) is 13.8. The minimum absolute atomic E-state index is 0.0838. The van der Waals surface area contributed by atoms with Crippen LogP contribution in [0.15, 0.2) is 54.7 Å². The Morgan fingerprint density at radius 3 is 2.76 bits per heavy atom. The molecule has 2 unspecified atom stereocenters. The number of pyridine rings is 1. The summed E-state index contributed by atoms with van der Waals surface area (Å²) in [6.45, 7) is 2.11. The average Bonchev–Trinajstić information content (AvgIpc) is 3.04. The normalized spacial score (nSPS) is 18.9. The standard InChI is InChI=1S/C18H18N6O/c1-12-11-15(13-7-3-2-4-8-13)24-18(20-12)22-17(23-24)21-16(25)14-9-5-6-10-19-14/h2-10,12,15H,11H2,1H3,(H2,20,21,22,23,25). The van der Waals surface area contributed by atoms with Crippen molar-refractivity contribution >= 4 is 17.8 Å². The van der Waals surface area contributed by atoms with Gasteiger partial charge in [0.1, 0.15) is 5.69 Å². The lowest BCUT2D eigenvalue weighted by atomic mass is 9.99. The molecule has 3 heterocycles. The molecule has 1 amide bonds. The number of fused-ring (bicyclic) bond motifs is 1. The summed E-state index contributed by atoms with van der Waals surface area (Å²) in [5, 5.41) is 10.5. The lowest BCUT2D eigenvalue weighted by Gasteiger charge is -2.29. The van der Waals surface area contributed by atoms with Gasteiger partial charge in [0.2, 0.25) is 5.95 Å². The third-order valence-corrected chi connectivity index (χ3v) is 4.19. The zero-order valence-corrected chi connectivity index (χ0v) is 13.8. The number of nitrogens with one attached hydrogen (secondary N) is 2. The van der Waals surface area contributed by atoms with Crippen molar-refractivity contribution < 1.29 is 4.79 Å². The summed E-state index contributed by atoms with van der Waals surface area (Å²) in [5.74, 6) is 0.602. The Morgan fingerprint density at radius 2 is 2.00 bits per heavy atom. The van der Waals surface area contributed by atoms with Gasteiger partial charge in [-0.3, -0.25) is 15.1 Å². The highest BCUT2D eigenvalue weighted by atomic mass is 16.2. The van der Waals surface area contributed by atoms with Gasteiger partial charge < -0.3 is 5.32 Å². The first-order valence-corrected chi connectivity index (χ1v) is 8.21. The van der Waals surface area contributed by atoms with Crippen LogP contribution < -0.4 is 10.6 Å². The van der Waals surface area contributed by atoms with E-state index in [1.165, 1.54) is 5.56 Å². The number of hydrogen-bond acceptors (Lipinski definition) is 5. The van der Waals surface area contributed by atoms with E-state index in [-0.39, 0.29) is 23.9 Å². The van der Waals surface area contributed by atoms with Crippen LogP contribution in [0.25, 0.3) is 0 Å². The zero-order chi connectivity index (χ0) is 17.2. The van der Waals surface area contributed by atoms with Gasteiger partial charge in [-0.15, -0.1) is 5.10 Å². The van der Waals surface area contributed by atoms with E-state index in [4.69, 9.17) is 0 Å². The molecule has 1 aromatic carbocycles. The first-order valence-electron chi connectivity index (χ1n) is 8.21. The van der Waals surface area contributed by atoms with Crippen LogP contribution in [0, 0.1) is 0 Å². The van der Waals surface area contributed by atoms with Crippen molar-refractivity contribution in [3.8, 4) is 0 Å². The molecule has 126 valence electrons. The number of benzene rings is 1. The van der Waals surface area contributed by atoms with Crippen LogP contribution in [0.1, 0.15) is 35.4 Å². The maximum atomic E-state index is 12.3. The van der Waals surface area contributed by atoms with E-state index >= 15 is 0 Å². The van der Waals surface area contributed by atoms with Gasteiger partial charge in [0.25, 0.3) is 11.9 Å². The third-order valence-electron chi connectivity index (χ3n) is 4.19. The second-order valence-electron chi connectivity index (χ2n) is 6.08. The van der Waals surface area contributed by atoms with Crippen LogP contribution in [0.3, 0.4) is 0 Å². The van der Waals surface area contributed by atoms with Gasteiger partial charge in [0.05, 0.1) is 6.04 Å². The van der Waals surface area contributed by atoms with E-state index in [9.17, 15) is 4.79 Å². The number of amides is 1. The molecule has 1 aliphatic rings. The number of rotatable bonds is 3. The average molecular weight is 334 g/mol. The Labute approximate surface area is 145 Å². The van der Waals surface area contributed by atoms with Gasteiger partial charge >= 0.3 is 0 Å². The van der Waals surface area contributed by atoms with Gasteiger partial charge in [-0.2, -0.15) is 4.98 Å². The maximum absolute atomic E-state index is 12.3. The second-order valence-corrected chi connectivity index (χ2v) is 6.08. The number of carbonyl (C=O) groups excluding carboxylic acids is 1. The number of hydrogen-bond donors (Lipinski definition) is 2. The van der Waals surface area contributed by atoms with Crippen molar-refractivity contribution in [1.82, 2.24) is 19.7 Å². The largest absolute Gasteiger partial charge is 0.352 e. The van der Waals surface area contributed by atoms with E-state index in [1.54, 1.807) is 24.4 Å². The van der Waals surface area contributed by atoms with Gasteiger partial charge in [0, 0.05) is 12.2 Å². The molecule has 2 atom stereocenters. The van der Waals surface area contributed by atoms with E-state index in [2.05, 4.69) is 44.8 Å². The lowest BCUT2D eigenvalue weighted by Crippen LogP contribution is -2.31. The fourth-order valence-corrected chi connectivity index (χ4v) is 3.02. The first-order chi connectivity index (χ1) is 12.2. The topological polar surface area (TPSA) is 84.7 Å². The molecule has 2 aromatic heterocycles. The molecule has 4 rings (SSSR count). The van der Waals surface area contributed by atoms with Gasteiger partial charge in [-0.1, -0.05) is 36.4 Å². The van der Waals surface area contributed by atoms with Crippen LogP contribution >= 0.6 is 0 Å². The molecule has 7 heteroatoms. The predicted octanol–water partition coefficient (Wildman–Crippen LogP) is 2.72. The van der Waals surface area contributed by atoms with Gasteiger partial charge in [0.15, 0.2) is 0 Å².